The van der Waals surface area contributed by atoms with Crippen molar-refractivity contribution in [2.75, 3.05) is 6.61 Å². The van der Waals surface area contributed by atoms with Gasteiger partial charge in [0.25, 0.3) is 0 Å². The summed E-state index contributed by atoms with van der Waals surface area (Å²) in [6.07, 6.45) is 1.85. The second kappa shape index (κ2) is 7.12. The van der Waals surface area contributed by atoms with Crippen LogP contribution >= 0.6 is 0 Å². The summed E-state index contributed by atoms with van der Waals surface area (Å²) < 4.78 is 17.4. The molecule has 4 nitrogen and oxygen atoms in total. The van der Waals surface area contributed by atoms with E-state index in [0.717, 1.165) is 5.56 Å². The summed E-state index contributed by atoms with van der Waals surface area (Å²) in [5.74, 6) is -0.575. The molecule has 1 aliphatic heterocycles. The van der Waals surface area contributed by atoms with Crippen molar-refractivity contribution >= 4 is 19.2 Å². The second-order valence-electron chi connectivity index (χ2n) is 7.14. The molecule has 2 rings (SSSR count). The first-order chi connectivity index (χ1) is 11.2. The van der Waals surface area contributed by atoms with Gasteiger partial charge in [-0.2, -0.15) is 0 Å². The third-order valence-electron chi connectivity index (χ3n) is 4.80. The van der Waals surface area contributed by atoms with Crippen LogP contribution in [0.4, 0.5) is 0 Å². The molecule has 1 fully saturated rings. The zero-order chi connectivity index (χ0) is 18.0. The lowest BCUT2D eigenvalue weighted by Crippen LogP contribution is -2.41. The minimum atomic E-state index is -0.491. The van der Waals surface area contributed by atoms with Crippen molar-refractivity contribution in [2.45, 2.75) is 58.6 Å². The molecule has 0 saturated carbocycles. The van der Waals surface area contributed by atoms with Crippen molar-refractivity contribution in [3.05, 3.63) is 41.5 Å². The van der Waals surface area contributed by atoms with E-state index in [9.17, 15) is 4.79 Å². The highest BCUT2D eigenvalue weighted by Gasteiger charge is 2.53. The molecule has 0 spiro atoms. The van der Waals surface area contributed by atoms with Crippen molar-refractivity contribution in [3.63, 3.8) is 0 Å². The van der Waals surface area contributed by atoms with E-state index < -0.39 is 18.3 Å². The first-order valence-electron chi connectivity index (χ1n) is 8.47. The first kappa shape index (κ1) is 18.7. The van der Waals surface area contributed by atoms with Gasteiger partial charge in [0, 0.05) is 11.4 Å². The maximum absolute atomic E-state index is 12.5. The van der Waals surface area contributed by atoms with Crippen LogP contribution in [0.1, 0.15) is 47.1 Å². The Labute approximate surface area is 145 Å². The molecule has 0 aliphatic carbocycles. The second-order valence-corrected chi connectivity index (χ2v) is 7.14. The summed E-state index contributed by atoms with van der Waals surface area (Å²) >= 11 is 0. The summed E-state index contributed by atoms with van der Waals surface area (Å²) in [5.41, 5.74) is 0.641. The van der Waals surface area contributed by atoms with Crippen LogP contribution in [-0.2, 0) is 18.8 Å². The van der Waals surface area contributed by atoms with E-state index in [-0.39, 0.29) is 11.8 Å². The zero-order valence-electron chi connectivity index (χ0n) is 15.5. The molecule has 1 saturated heterocycles. The van der Waals surface area contributed by atoms with E-state index in [1.54, 1.807) is 6.92 Å². The highest BCUT2D eigenvalue weighted by atomic mass is 16.7. The van der Waals surface area contributed by atoms with E-state index in [4.69, 9.17) is 14.0 Å². The van der Waals surface area contributed by atoms with Crippen LogP contribution in [0.3, 0.4) is 0 Å². The minimum Gasteiger partial charge on any atom is -0.463 e. The van der Waals surface area contributed by atoms with Gasteiger partial charge in [-0.15, -0.1) is 0 Å². The SMILES string of the molecule is CCOC(=O)/C(=C/c1ccccc1)C(C)B1OC(C)(C)C(C)(C)O1. The Bertz CT molecular complexity index is 591. The molecule has 0 N–H and O–H groups in total. The van der Waals surface area contributed by atoms with Crippen LogP contribution in [0.5, 0.6) is 0 Å². The van der Waals surface area contributed by atoms with Gasteiger partial charge in [-0.05, 0) is 46.3 Å². The number of hydrogen-bond donors (Lipinski definition) is 0. The third-order valence-corrected chi connectivity index (χ3v) is 4.80. The topological polar surface area (TPSA) is 44.8 Å². The van der Waals surface area contributed by atoms with Crippen LogP contribution in [0, 0.1) is 0 Å². The number of hydrogen-bond acceptors (Lipinski definition) is 4. The van der Waals surface area contributed by atoms with Gasteiger partial charge < -0.3 is 14.0 Å². The molecule has 0 bridgehead atoms. The van der Waals surface area contributed by atoms with E-state index in [0.29, 0.717) is 12.2 Å². The van der Waals surface area contributed by atoms with Gasteiger partial charge in [0.15, 0.2) is 0 Å². The smallest absolute Gasteiger partial charge is 0.463 e. The molecule has 1 heterocycles. The van der Waals surface area contributed by atoms with Crippen molar-refractivity contribution in [3.8, 4) is 0 Å². The average Bonchev–Trinajstić information content (AvgIpc) is 2.73. The standard InChI is InChI=1S/C19H27BO4/c1-7-22-17(21)16(13-15-11-9-8-10-12-15)14(2)20-23-18(3,4)19(5,6)24-20/h8-14H,7H2,1-6H3/b16-13+. The number of benzene rings is 1. The first-order valence-corrected chi connectivity index (χ1v) is 8.47. The molecule has 0 amide bonds. The highest BCUT2D eigenvalue weighted by Crippen LogP contribution is 2.42. The summed E-state index contributed by atoms with van der Waals surface area (Å²) in [6.45, 7) is 12.1. The molecule has 0 aromatic heterocycles. The fourth-order valence-electron chi connectivity index (χ4n) is 2.56. The number of rotatable bonds is 5. The number of carbonyl (C=O) groups is 1. The predicted octanol–water partition coefficient (Wildman–Crippen LogP) is 4.12. The van der Waals surface area contributed by atoms with Crippen LogP contribution < -0.4 is 0 Å². The molecule has 24 heavy (non-hydrogen) atoms. The number of ether oxygens (including phenoxy) is 1. The summed E-state index contributed by atoms with van der Waals surface area (Å²) in [6, 6.07) is 9.73. The minimum absolute atomic E-state index is 0.245. The average molecular weight is 330 g/mol. The Morgan fingerprint density at radius 2 is 1.71 bits per heavy atom. The van der Waals surface area contributed by atoms with Crippen molar-refractivity contribution < 1.29 is 18.8 Å². The quantitative estimate of drug-likeness (QED) is 0.463. The summed E-state index contributed by atoms with van der Waals surface area (Å²) in [4.78, 5) is 12.5. The lowest BCUT2D eigenvalue weighted by molar-refractivity contribution is -0.138. The molecular formula is C19H27BO4. The highest BCUT2D eigenvalue weighted by molar-refractivity contribution is 6.49. The molecule has 5 heteroatoms. The van der Waals surface area contributed by atoms with Crippen molar-refractivity contribution in [1.82, 2.24) is 0 Å². The third kappa shape index (κ3) is 3.90. The van der Waals surface area contributed by atoms with Gasteiger partial charge in [0.2, 0.25) is 0 Å². The van der Waals surface area contributed by atoms with E-state index in [2.05, 4.69) is 0 Å². The van der Waals surface area contributed by atoms with Crippen molar-refractivity contribution in [2.24, 2.45) is 0 Å². The van der Waals surface area contributed by atoms with E-state index in [1.165, 1.54) is 0 Å². The van der Waals surface area contributed by atoms with Gasteiger partial charge in [-0.3, -0.25) is 0 Å². The lowest BCUT2D eigenvalue weighted by atomic mass is 9.68. The Morgan fingerprint density at radius 1 is 1.17 bits per heavy atom. The predicted molar refractivity (Wildman–Crippen MR) is 96.6 cm³/mol. The molecule has 1 aliphatic rings. The maximum Gasteiger partial charge on any atom is 0.465 e. The van der Waals surface area contributed by atoms with Gasteiger partial charge in [0.1, 0.15) is 0 Å². The Balaban J connectivity index is 2.31. The number of carbonyl (C=O) groups excluding carboxylic acids is 1. The molecule has 1 unspecified atom stereocenters. The van der Waals surface area contributed by atoms with Gasteiger partial charge in [0.05, 0.1) is 17.8 Å². The Kier molecular flexibility index (Phi) is 5.56. The van der Waals surface area contributed by atoms with E-state index >= 15 is 0 Å². The number of esters is 1. The fraction of sp³-hybridized carbons (Fsp3) is 0.526. The van der Waals surface area contributed by atoms with Gasteiger partial charge in [-0.25, -0.2) is 4.79 Å². The Hall–Kier alpha value is -1.59. The van der Waals surface area contributed by atoms with Gasteiger partial charge in [-0.1, -0.05) is 37.3 Å². The lowest BCUT2D eigenvalue weighted by Gasteiger charge is -2.32. The summed E-state index contributed by atoms with van der Waals surface area (Å²) in [5, 5.41) is 0. The molecule has 130 valence electrons. The van der Waals surface area contributed by atoms with Crippen LogP contribution in [0.25, 0.3) is 6.08 Å². The van der Waals surface area contributed by atoms with Crippen LogP contribution in [0.15, 0.2) is 35.9 Å². The van der Waals surface area contributed by atoms with Crippen molar-refractivity contribution in [1.29, 1.82) is 0 Å². The van der Waals surface area contributed by atoms with Gasteiger partial charge >= 0.3 is 13.1 Å². The normalized spacial score (nSPS) is 20.8. The van der Waals surface area contributed by atoms with Crippen LogP contribution in [0.2, 0.25) is 5.82 Å². The molecule has 1 atom stereocenters. The Morgan fingerprint density at radius 3 is 2.21 bits per heavy atom. The monoisotopic (exact) mass is 330 g/mol. The molecule has 1 aromatic rings. The fourth-order valence-corrected chi connectivity index (χ4v) is 2.56. The molecular weight excluding hydrogens is 303 g/mol. The summed E-state index contributed by atoms with van der Waals surface area (Å²) in [7, 11) is -0.491. The van der Waals surface area contributed by atoms with Crippen LogP contribution in [-0.4, -0.2) is 30.9 Å². The molecule has 0 radical (unpaired) electrons. The largest absolute Gasteiger partial charge is 0.465 e. The maximum atomic E-state index is 12.5. The zero-order valence-corrected chi connectivity index (χ0v) is 15.5. The van der Waals surface area contributed by atoms with E-state index in [1.807, 2.05) is 71.0 Å². The molecule has 1 aromatic carbocycles.